The van der Waals surface area contributed by atoms with E-state index in [1.165, 1.54) is 7.11 Å². The van der Waals surface area contributed by atoms with Gasteiger partial charge in [0.15, 0.2) is 11.5 Å². The van der Waals surface area contributed by atoms with Crippen molar-refractivity contribution in [1.82, 2.24) is 0 Å². The van der Waals surface area contributed by atoms with Crippen LogP contribution in [0.2, 0.25) is 0 Å². The molecule has 0 radical (unpaired) electrons. The third-order valence-corrected chi connectivity index (χ3v) is 3.53. The zero-order valence-corrected chi connectivity index (χ0v) is 10.8. The predicted octanol–water partition coefficient (Wildman–Crippen LogP) is 2.40. The van der Waals surface area contributed by atoms with Gasteiger partial charge in [-0.15, -0.1) is 0 Å². The minimum Gasteiger partial charge on any atom is -0.468 e. The van der Waals surface area contributed by atoms with Gasteiger partial charge >= 0.3 is 5.97 Å². The normalized spacial score (nSPS) is 21.5. The van der Waals surface area contributed by atoms with Crippen LogP contribution in [0.15, 0.2) is 18.2 Å². The number of methoxy groups -OCH3 is 1. The van der Waals surface area contributed by atoms with Crippen LogP contribution < -0.4 is 9.47 Å². The first kappa shape index (κ1) is 11.4. The quantitative estimate of drug-likeness (QED) is 0.754. The van der Waals surface area contributed by atoms with Crippen LogP contribution >= 0.6 is 0 Å². The average molecular weight is 248 g/mol. The van der Waals surface area contributed by atoms with Crippen LogP contribution in [-0.2, 0) is 14.9 Å². The van der Waals surface area contributed by atoms with Crippen molar-refractivity contribution in [3.8, 4) is 11.5 Å². The summed E-state index contributed by atoms with van der Waals surface area (Å²) in [6.45, 7) is 3.72. The van der Waals surface area contributed by atoms with Crippen LogP contribution in [0, 0.1) is 0 Å². The molecule has 0 unspecified atom stereocenters. The predicted molar refractivity (Wildman–Crippen MR) is 64.7 cm³/mol. The summed E-state index contributed by atoms with van der Waals surface area (Å²) in [5.74, 6) is 0.626. The molecule has 1 aliphatic carbocycles. The first-order valence-corrected chi connectivity index (χ1v) is 6.08. The number of ether oxygens (including phenoxy) is 3. The average Bonchev–Trinajstić information content (AvgIpc) is 3.05. The third-order valence-electron chi connectivity index (χ3n) is 3.53. The van der Waals surface area contributed by atoms with Crippen LogP contribution in [0.1, 0.15) is 32.3 Å². The minimum absolute atomic E-state index is 0.166. The fourth-order valence-electron chi connectivity index (χ4n) is 2.45. The van der Waals surface area contributed by atoms with Crippen molar-refractivity contribution in [1.29, 1.82) is 0 Å². The highest BCUT2D eigenvalue weighted by atomic mass is 16.7. The van der Waals surface area contributed by atoms with Gasteiger partial charge in [-0.25, -0.2) is 0 Å². The largest absolute Gasteiger partial charge is 0.468 e. The van der Waals surface area contributed by atoms with Gasteiger partial charge < -0.3 is 14.2 Å². The van der Waals surface area contributed by atoms with Gasteiger partial charge in [0.2, 0.25) is 5.79 Å². The molecular weight excluding hydrogens is 232 g/mol. The summed E-state index contributed by atoms with van der Waals surface area (Å²) in [5, 5.41) is 0. The number of rotatable bonds is 2. The molecule has 1 aromatic rings. The van der Waals surface area contributed by atoms with E-state index in [1.807, 2.05) is 32.0 Å². The molecule has 1 aromatic carbocycles. The van der Waals surface area contributed by atoms with Crippen molar-refractivity contribution in [3.63, 3.8) is 0 Å². The van der Waals surface area contributed by atoms with E-state index in [9.17, 15) is 4.79 Å². The summed E-state index contributed by atoms with van der Waals surface area (Å²) in [6, 6.07) is 5.68. The van der Waals surface area contributed by atoms with Gasteiger partial charge in [0, 0.05) is 13.8 Å². The standard InChI is InChI=1S/C14H16O4/c1-13(2)17-10-5-4-9(8-11(10)18-13)14(6-7-14)12(15)16-3/h4-5,8H,6-7H2,1-3H3. The Kier molecular flexibility index (Phi) is 2.15. The van der Waals surface area contributed by atoms with Crippen LogP contribution in [0.3, 0.4) is 0 Å². The van der Waals surface area contributed by atoms with Crippen molar-refractivity contribution >= 4 is 5.97 Å². The third kappa shape index (κ3) is 1.55. The molecular formula is C14H16O4. The maximum absolute atomic E-state index is 11.8. The molecule has 1 aliphatic heterocycles. The number of benzene rings is 1. The molecule has 1 fully saturated rings. The van der Waals surface area contributed by atoms with Crippen molar-refractivity contribution in [2.75, 3.05) is 7.11 Å². The van der Waals surface area contributed by atoms with E-state index in [1.54, 1.807) is 0 Å². The molecule has 4 nitrogen and oxygen atoms in total. The zero-order valence-electron chi connectivity index (χ0n) is 10.8. The van der Waals surface area contributed by atoms with Gasteiger partial charge in [-0.1, -0.05) is 6.07 Å². The first-order chi connectivity index (χ1) is 8.47. The maximum Gasteiger partial charge on any atom is 0.316 e. The van der Waals surface area contributed by atoms with Crippen LogP contribution in [-0.4, -0.2) is 18.9 Å². The lowest BCUT2D eigenvalue weighted by Crippen LogP contribution is -2.29. The molecule has 0 amide bonds. The van der Waals surface area contributed by atoms with Crippen LogP contribution in [0.4, 0.5) is 0 Å². The van der Waals surface area contributed by atoms with E-state index in [4.69, 9.17) is 14.2 Å². The fourth-order valence-corrected chi connectivity index (χ4v) is 2.45. The molecule has 0 N–H and O–H groups in total. The van der Waals surface area contributed by atoms with E-state index in [0.29, 0.717) is 5.75 Å². The second kappa shape index (κ2) is 3.40. The summed E-state index contributed by atoms with van der Waals surface area (Å²) in [4.78, 5) is 11.8. The van der Waals surface area contributed by atoms with Crippen molar-refractivity contribution in [3.05, 3.63) is 23.8 Å². The Hall–Kier alpha value is -1.71. The number of hydrogen-bond donors (Lipinski definition) is 0. The molecule has 2 aliphatic rings. The summed E-state index contributed by atoms with van der Waals surface area (Å²) < 4.78 is 16.2. The van der Waals surface area contributed by atoms with Gasteiger partial charge in [-0.05, 0) is 30.5 Å². The summed E-state index contributed by atoms with van der Waals surface area (Å²) in [7, 11) is 1.43. The second-order valence-corrected chi connectivity index (χ2v) is 5.34. The van der Waals surface area contributed by atoms with Crippen LogP contribution in [0.25, 0.3) is 0 Å². The number of esters is 1. The van der Waals surface area contributed by atoms with Gasteiger partial charge in [0.25, 0.3) is 0 Å². The Morgan fingerprint density at radius 3 is 2.50 bits per heavy atom. The molecule has 96 valence electrons. The maximum atomic E-state index is 11.8. The monoisotopic (exact) mass is 248 g/mol. The lowest BCUT2D eigenvalue weighted by molar-refractivity contribution is -0.143. The summed E-state index contributed by atoms with van der Waals surface area (Å²) in [6.07, 6.45) is 1.67. The molecule has 4 heteroatoms. The highest BCUT2D eigenvalue weighted by molar-refractivity contribution is 5.86. The van der Waals surface area contributed by atoms with Gasteiger partial charge in [0.05, 0.1) is 12.5 Å². The molecule has 1 saturated carbocycles. The number of fused-ring (bicyclic) bond motifs is 1. The molecule has 0 aromatic heterocycles. The Morgan fingerprint density at radius 1 is 1.22 bits per heavy atom. The lowest BCUT2D eigenvalue weighted by atomic mass is 9.96. The van der Waals surface area contributed by atoms with Crippen molar-refractivity contribution in [2.24, 2.45) is 0 Å². The number of hydrogen-bond acceptors (Lipinski definition) is 4. The van der Waals surface area contributed by atoms with Gasteiger partial charge in [0.1, 0.15) is 0 Å². The van der Waals surface area contributed by atoms with Crippen molar-refractivity contribution < 1.29 is 19.0 Å². The summed E-state index contributed by atoms with van der Waals surface area (Å²) >= 11 is 0. The summed E-state index contributed by atoms with van der Waals surface area (Å²) in [5.41, 5.74) is 0.495. The van der Waals surface area contributed by atoms with Crippen molar-refractivity contribution in [2.45, 2.75) is 37.9 Å². The fraction of sp³-hybridized carbons (Fsp3) is 0.500. The Labute approximate surface area is 106 Å². The van der Waals surface area contributed by atoms with Gasteiger partial charge in [-0.2, -0.15) is 0 Å². The second-order valence-electron chi connectivity index (χ2n) is 5.34. The highest BCUT2D eigenvalue weighted by Gasteiger charge is 2.53. The van der Waals surface area contributed by atoms with E-state index in [-0.39, 0.29) is 5.97 Å². The molecule has 0 bridgehead atoms. The lowest BCUT2D eigenvalue weighted by Gasteiger charge is -2.16. The minimum atomic E-state index is -0.636. The smallest absolute Gasteiger partial charge is 0.316 e. The van der Waals surface area contributed by atoms with Crippen LogP contribution in [0.5, 0.6) is 11.5 Å². The zero-order chi connectivity index (χ0) is 13.0. The molecule has 3 rings (SSSR count). The van der Waals surface area contributed by atoms with Gasteiger partial charge in [-0.3, -0.25) is 4.79 Å². The Bertz CT molecular complexity index is 515. The molecule has 18 heavy (non-hydrogen) atoms. The van der Waals surface area contributed by atoms with E-state index >= 15 is 0 Å². The first-order valence-electron chi connectivity index (χ1n) is 6.08. The van der Waals surface area contributed by atoms with E-state index in [2.05, 4.69) is 0 Å². The molecule has 0 saturated heterocycles. The van der Waals surface area contributed by atoms with E-state index in [0.717, 1.165) is 24.2 Å². The Balaban J connectivity index is 1.96. The Morgan fingerprint density at radius 2 is 1.89 bits per heavy atom. The SMILES string of the molecule is COC(=O)C1(c2ccc3c(c2)OC(C)(C)O3)CC1. The molecule has 1 heterocycles. The highest BCUT2D eigenvalue weighted by Crippen LogP contribution is 2.52. The molecule has 0 atom stereocenters. The number of carbonyl (C=O) groups excluding carboxylic acids is 1. The topological polar surface area (TPSA) is 44.8 Å². The molecule has 0 spiro atoms. The van der Waals surface area contributed by atoms with E-state index < -0.39 is 11.2 Å². The number of carbonyl (C=O) groups is 1.